The van der Waals surface area contributed by atoms with Gasteiger partial charge in [0, 0.05) is 0 Å². The molecular formula is C8H15NO2. The third-order valence-corrected chi connectivity index (χ3v) is 1.96. The summed E-state index contributed by atoms with van der Waals surface area (Å²) in [5.41, 5.74) is 5.05. The molecule has 0 bridgehead atoms. The van der Waals surface area contributed by atoms with E-state index in [4.69, 9.17) is 5.73 Å². The average molecular weight is 157 g/mol. The lowest BCUT2D eigenvalue weighted by atomic mass is 9.88. The van der Waals surface area contributed by atoms with Crippen LogP contribution in [0.2, 0.25) is 0 Å². The summed E-state index contributed by atoms with van der Waals surface area (Å²) in [5.74, 6) is -1.18. The fraction of sp³-hybridized carbons (Fsp3) is 0.750. The Hall–Kier alpha value is -0.860. The average Bonchev–Trinajstić information content (AvgIpc) is 1.85. The zero-order valence-corrected chi connectivity index (χ0v) is 7.26. The van der Waals surface area contributed by atoms with Gasteiger partial charge in [-0.2, -0.15) is 0 Å². The molecule has 64 valence electrons. The van der Waals surface area contributed by atoms with Crippen LogP contribution in [0.15, 0.2) is 0 Å². The Morgan fingerprint density at radius 3 is 2.00 bits per heavy atom. The number of primary amides is 1. The molecule has 3 heteroatoms. The van der Waals surface area contributed by atoms with Crippen LogP contribution in [0.1, 0.15) is 27.2 Å². The van der Waals surface area contributed by atoms with Crippen molar-refractivity contribution >= 4 is 11.7 Å². The van der Waals surface area contributed by atoms with Crippen molar-refractivity contribution in [3.05, 3.63) is 0 Å². The Morgan fingerprint density at radius 1 is 1.45 bits per heavy atom. The van der Waals surface area contributed by atoms with E-state index >= 15 is 0 Å². The van der Waals surface area contributed by atoms with Gasteiger partial charge in [0.2, 0.25) is 5.91 Å². The Labute approximate surface area is 67.0 Å². The molecule has 0 radical (unpaired) electrons. The van der Waals surface area contributed by atoms with Gasteiger partial charge in [0.05, 0.1) is 5.92 Å². The topological polar surface area (TPSA) is 60.2 Å². The number of rotatable bonds is 4. The van der Waals surface area contributed by atoms with Crippen LogP contribution in [0.25, 0.3) is 0 Å². The molecule has 0 saturated carbocycles. The van der Waals surface area contributed by atoms with E-state index in [2.05, 4.69) is 0 Å². The second-order valence-electron chi connectivity index (χ2n) is 2.88. The molecule has 0 aliphatic heterocycles. The van der Waals surface area contributed by atoms with E-state index in [0.717, 1.165) is 6.42 Å². The minimum atomic E-state index is -0.597. The van der Waals surface area contributed by atoms with Crippen molar-refractivity contribution < 1.29 is 9.59 Å². The van der Waals surface area contributed by atoms with E-state index in [0.29, 0.717) is 0 Å². The molecule has 11 heavy (non-hydrogen) atoms. The Bertz CT molecular complexity index is 151. The molecule has 0 saturated heterocycles. The summed E-state index contributed by atoms with van der Waals surface area (Å²) in [6, 6.07) is 0. The standard InChI is InChI=1S/C8H15NO2/c1-4-5(2)7(6(3)10)8(9)11/h5,7H,4H2,1-3H3,(H2,9,11). The highest BCUT2D eigenvalue weighted by Crippen LogP contribution is 2.15. The van der Waals surface area contributed by atoms with E-state index in [-0.39, 0.29) is 11.7 Å². The SMILES string of the molecule is CCC(C)C(C(C)=O)C(N)=O. The van der Waals surface area contributed by atoms with Crippen molar-refractivity contribution in [3.63, 3.8) is 0 Å². The zero-order chi connectivity index (χ0) is 9.02. The number of hydrogen-bond donors (Lipinski definition) is 1. The molecule has 0 aliphatic rings. The molecule has 2 atom stereocenters. The van der Waals surface area contributed by atoms with Gasteiger partial charge in [0.1, 0.15) is 5.78 Å². The summed E-state index contributed by atoms with van der Waals surface area (Å²) >= 11 is 0. The van der Waals surface area contributed by atoms with Crippen molar-refractivity contribution in [3.8, 4) is 0 Å². The number of carbonyl (C=O) groups is 2. The Morgan fingerprint density at radius 2 is 1.91 bits per heavy atom. The molecule has 0 fully saturated rings. The van der Waals surface area contributed by atoms with Gasteiger partial charge in [-0.15, -0.1) is 0 Å². The molecule has 0 aliphatic carbocycles. The van der Waals surface area contributed by atoms with Crippen molar-refractivity contribution in [1.29, 1.82) is 0 Å². The quantitative estimate of drug-likeness (QED) is 0.611. The first-order chi connectivity index (χ1) is 5.00. The van der Waals surface area contributed by atoms with Crippen LogP contribution >= 0.6 is 0 Å². The lowest BCUT2D eigenvalue weighted by Gasteiger charge is -2.15. The number of carbonyl (C=O) groups excluding carboxylic acids is 2. The summed E-state index contributed by atoms with van der Waals surface area (Å²) in [7, 11) is 0. The van der Waals surface area contributed by atoms with Crippen LogP contribution in [0.3, 0.4) is 0 Å². The van der Waals surface area contributed by atoms with Crippen molar-refractivity contribution in [1.82, 2.24) is 0 Å². The normalized spacial score (nSPS) is 15.5. The van der Waals surface area contributed by atoms with Gasteiger partial charge in [0.15, 0.2) is 0 Å². The first-order valence-electron chi connectivity index (χ1n) is 3.80. The maximum absolute atomic E-state index is 10.9. The predicted octanol–water partition coefficient (Wildman–Crippen LogP) is 0.723. The molecule has 2 unspecified atom stereocenters. The maximum atomic E-state index is 10.9. The fourth-order valence-electron chi connectivity index (χ4n) is 1.12. The summed E-state index contributed by atoms with van der Waals surface area (Å²) in [4.78, 5) is 21.6. The van der Waals surface area contributed by atoms with Crippen molar-refractivity contribution in [2.24, 2.45) is 17.6 Å². The fourth-order valence-corrected chi connectivity index (χ4v) is 1.12. The maximum Gasteiger partial charge on any atom is 0.228 e. The molecule has 0 aromatic carbocycles. The van der Waals surface area contributed by atoms with Gasteiger partial charge < -0.3 is 5.73 Å². The lowest BCUT2D eigenvalue weighted by Crippen LogP contribution is -2.33. The Kier molecular flexibility index (Phi) is 3.79. The van der Waals surface area contributed by atoms with Gasteiger partial charge in [-0.05, 0) is 12.8 Å². The minimum absolute atomic E-state index is 0.0602. The van der Waals surface area contributed by atoms with E-state index in [1.54, 1.807) is 0 Å². The van der Waals surface area contributed by atoms with Crippen LogP contribution in [0.4, 0.5) is 0 Å². The second kappa shape index (κ2) is 4.11. The van der Waals surface area contributed by atoms with Gasteiger partial charge in [-0.3, -0.25) is 9.59 Å². The minimum Gasteiger partial charge on any atom is -0.369 e. The summed E-state index contributed by atoms with van der Waals surface area (Å²) in [6.45, 7) is 5.20. The van der Waals surface area contributed by atoms with Gasteiger partial charge >= 0.3 is 0 Å². The number of ketones is 1. The first-order valence-corrected chi connectivity index (χ1v) is 3.80. The van der Waals surface area contributed by atoms with Gasteiger partial charge in [-0.1, -0.05) is 20.3 Å². The third kappa shape index (κ3) is 2.70. The van der Waals surface area contributed by atoms with Gasteiger partial charge in [-0.25, -0.2) is 0 Å². The van der Waals surface area contributed by atoms with Crippen LogP contribution in [-0.4, -0.2) is 11.7 Å². The van der Waals surface area contributed by atoms with Gasteiger partial charge in [0.25, 0.3) is 0 Å². The monoisotopic (exact) mass is 157 g/mol. The second-order valence-corrected chi connectivity index (χ2v) is 2.88. The smallest absolute Gasteiger partial charge is 0.228 e. The number of nitrogens with two attached hydrogens (primary N) is 1. The van der Waals surface area contributed by atoms with Crippen molar-refractivity contribution in [2.45, 2.75) is 27.2 Å². The van der Waals surface area contributed by atoms with E-state index in [1.165, 1.54) is 6.92 Å². The summed E-state index contributed by atoms with van der Waals surface area (Å²) in [6.07, 6.45) is 0.799. The number of hydrogen-bond acceptors (Lipinski definition) is 2. The molecule has 0 spiro atoms. The Balaban J connectivity index is 4.34. The lowest BCUT2D eigenvalue weighted by molar-refractivity contribution is -0.133. The summed E-state index contributed by atoms with van der Waals surface area (Å²) < 4.78 is 0. The number of amides is 1. The molecule has 0 rings (SSSR count). The van der Waals surface area contributed by atoms with E-state index in [1.807, 2.05) is 13.8 Å². The van der Waals surface area contributed by atoms with Crippen LogP contribution in [0.5, 0.6) is 0 Å². The predicted molar refractivity (Wildman–Crippen MR) is 42.8 cm³/mol. The molecule has 0 heterocycles. The first kappa shape index (κ1) is 10.1. The van der Waals surface area contributed by atoms with E-state index < -0.39 is 11.8 Å². The highest BCUT2D eigenvalue weighted by molar-refractivity contribution is 5.99. The molecule has 0 aromatic rings. The summed E-state index contributed by atoms with van der Waals surface area (Å²) in [5, 5.41) is 0. The van der Waals surface area contributed by atoms with Crippen LogP contribution in [0, 0.1) is 11.8 Å². The van der Waals surface area contributed by atoms with Crippen LogP contribution < -0.4 is 5.73 Å². The highest BCUT2D eigenvalue weighted by atomic mass is 16.2. The highest BCUT2D eigenvalue weighted by Gasteiger charge is 2.25. The molecule has 1 amide bonds. The van der Waals surface area contributed by atoms with Crippen molar-refractivity contribution in [2.75, 3.05) is 0 Å². The molecule has 2 N–H and O–H groups in total. The largest absolute Gasteiger partial charge is 0.369 e. The van der Waals surface area contributed by atoms with Crippen LogP contribution in [-0.2, 0) is 9.59 Å². The van der Waals surface area contributed by atoms with E-state index in [9.17, 15) is 9.59 Å². The molecular weight excluding hydrogens is 142 g/mol. The molecule has 0 aromatic heterocycles. The third-order valence-electron chi connectivity index (χ3n) is 1.96. The zero-order valence-electron chi connectivity index (χ0n) is 7.26. The number of Topliss-reactive ketones (excluding diaryl/α,β-unsaturated/α-hetero) is 1. The molecule has 3 nitrogen and oxygen atoms in total.